The predicted molar refractivity (Wildman–Crippen MR) is 118 cm³/mol. The molecule has 0 saturated heterocycles. The Kier molecular flexibility index (Phi) is 12.7. The van der Waals surface area contributed by atoms with E-state index in [-0.39, 0.29) is 23.9 Å². The maximum Gasteiger partial charge on any atom is 0.283 e. The molecule has 1 unspecified atom stereocenters. The molecule has 4 heteroatoms. The molecule has 1 rings (SSSR count). The summed E-state index contributed by atoms with van der Waals surface area (Å²) < 4.78 is 24.9. The van der Waals surface area contributed by atoms with E-state index in [1.807, 2.05) is 39.8 Å². The van der Waals surface area contributed by atoms with Crippen LogP contribution in [0, 0.1) is 11.7 Å². The number of ether oxygens (including phenoxy) is 2. The van der Waals surface area contributed by atoms with E-state index in [2.05, 4.69) is 6.92 Å². The zero-order valence-electron chi connectivity index (χ0n) is 19.3. The Hall–Kier alpha value is -0.970. The smallest absolute Gasteiger partial charge is 0.283 e. The summed E-state index contributed by atoms with van der Waals surface area (Å²) in [6.07, 6.45) is 10.5. The molecular weight excluding hydrogens is 367 g/mol. The van der Waals surface area contributed by atoms with Crippen molar-refractivity contribution in [2.75, 3.05) is 0 Å². The van der Waals surface area contributed by atoms with E-state index in [1.165, 1.54) is 44.2 Å². The molecule has 0 amide bonds. The molecule has 0 bridgehead atoms. The number of aliphatic hydroxyl groups is 1. The highest BCUT2D eigenvalue weighted by atomic mass is 19.1. The Morgan fingerprint density at radius 2 is 1.34 bits per heavy atom. The molecule has 0 aliphatic heterocycles. The van der Waals surface area contributed by atoms with Crippen molar-refractivity contribution >= 4 is 0 Å². The molecule has 29 heavy (non-hydrogen) atoms. The lowest BCUT2D eigenvalue weighted by Gasteiger charge is -2.38. The van der Waals surface area contributed by atoms with Gasteiger partial charge in [-0.2, -0.15) is 0 Å². The topological polar surface area (TPSA) is 38.7 Å². The van der Waals surface area contributed by atoms with Crippen LogP contribution in [0.3, 0.4) is 0 Å². The Labute approximate surface area is 178 Å². The van der Waals surface area contributed by atoms with E-state index in [0.717, 1.165) is 37.7 Å². The third-order valence-electron chi connectivity index (χ3n) is 5.16. The van der Waals surface area contributed by atoms with Crippen molar-refractivity contribution in [1.29, 1.82) is 0 Å². The highest BCUT2D eigenvalue weighted by molar-refractivity contribution is 5.15. The van der Waals surface area contributed by atoms with Gasteiger partial charge < -0.3 is 14.6 Å². The quantitative estimate of drug-likeness (QED) is 0.235. The second-order valence-electron chi connectivity index (χ2n) is 8.74. The molecule has 1 aromatic rings. The van der Waals surface area contributed by atoms with E-state index in [4.69, 9.17) is 9.47 Å². The predicted octanol–water partition coefficient (Wildman–Crippen LogP) is 7.01. The van der Waals surface area contributed by atoms with E-state index in [0.29, 0.717) is 0 Å². The van der Waals surface area contributed by atoms with Gasteiger partial charge in [-0.15, -0.1) is 0 Å². The van der Waals surface area contributed by atoms with Gasteiger partial charge in [0.2, 0.25) is 0 Å². The van der Waals surface area contributed by atoms with Crippen LogP contribution in [0.5, 0.6) is 0 Å². The van der Waals surface area contributed by atoms with Crippen LogP contribution < -0.4 is 0 Å². The zero-order valence-corrected chi connectivity index (χ0v) is 19.3. The zero-order chi connectivity index (χ0) is 21.7. The van der Waals surface area contributed by atoms with Gasteiger partial charge in [-0.05, 0) is 71.1 Å². The molecule has 0 spiro atoms. The largest absolute Gasteiger partial charge is 0.343 e. The highest BCUT2D eigenvalue weighted by Gasteiger charge is 2.40. The SMILES string of the molecule is CCCCCCCCC(CCCc1ccc(F)cc1)C(O)(OC(C)C)OC(C)C. The molecule has 0 heterocycles. The molecule has 3 nitrogen and oxygen atoms in total. The van der Waals surface area contributed by atoms with Crippen molar-refractivity contribution in [2.45, 2.75) is 117 Å². The highest BCUT2D eigenvalue weighted by Crippen LogP contribution is 2.33. The van der Waals surface area contributed by atoms with Crippen LogP contribution in [0.4, 0.5) is 4.39 Å². The van der Waals surface area contributed by atoms with Crippen LogP contribution in [-0.2, 0) is 15.9 Å². The van der Waals surface area contributed by atoms with Gasteiger partial charge in [0.25, 0.3) is 5.97 Å². The van der Waals surface area contributed by atoms with E-state index in [1.54, 1.807) is 0 Å². The standard InChI is InChI=1S/C25H43FO3/c1-6-7-8-9-10-11-14-23(25(27,28-20(2)3)29-21(4)5)15-12-13-22-16-18-24(26)19-17-22/h16-21,23,27H,6-15H2,1-5H3. The molecule has 0 aromatic heterocycles. The summed E-state index contributed by atoms with van der Waals surface area (Å²) in [5.41, 5.74) is 1.11. The number of hydrogen-bond donors (Lipinski definition) is 1. The van der Waals surface area contributed by atoms with Crippen molar-refractivity contribution in [3.63, 3.8) is 0 Å². The van der Waals surface area contributed by atoms with Crippen LogP contribution in [0.25, 0.3) is 0 Å². The number of unbranched alkanes of at least 4 members (excludes halogenated alkanes) is 5. The van der Waals surface area contributed by atoms with Crippen LogP contribution in [0.2, 0.25) is 0 Å². The minimum Gasteiger partial charge on any atom is -0.343 e. The third kappa shape index (κ3) is 11.1. The maximum atomic E-state index is 13.1. The van der Waals surface area contributed by atoms with Gasteiger partial charge in [0.05, 0.1) is 12.2 Å². The van der Waals surface area contributed by atoms with Crippen molar-refractivity contribution in [2.24, 2.45) is 5.92 Å². The fraction of sp³-hybridized carbons (Fsp3) is 0.760. The molecule has 1 aromatic carbocycles. The van der Waals surface area contributed by atoms with Gasteiger partial charge in [-0.3, -0.25) is 0 Å². The lowest BCUT2D eigenvalue weighted by molar-refractivity contribution is -0.407. The number of benzene rings is 1. The van der Waals surface area contributed by atoms with Gasteiger partial charge in [0.1, 0.15) is 5.82 Å². The van der Waals surface area contributed by atoms with Crippen LogP contribution in [0.1, 0.15) is 98.0 Å². The van der Waals surface area contributed by atoms with Gasteiger partial charge in [-0.1, -0.05) is 57.6 Å². The van der Waals surface area contributed by atoms with Crippen molar-refractivity contribution in [3.8, 4) is 0 Å². The van der Waals surface area contributed by atoms with Crippen LogP contribution in [0.15, 0.2) is 24.3 Å². The summed E-state index contributed by atoms with van der Waals surface area (Å²) in [6, 6.07) is 6.67. The summed E-state index contributed by atoms with van der Waals surface area (Å²) in [7, 11) is 0. The molecule has 0 radical (unpaired) electrons. The van der Waals surface area contributed by atoms with Crippen molar-refractivity contribution in [1.82, 2.24) is 0 Å². The van der Waals surface area contributed by atoms with Gasteiger partial charge >= 0.3 is 0 Å². The Morgan fingerprint density at radius 3 is 1.90 bits per heavy atom. The molecule has 0 aliphatic carbocycles. The van der Waals surface area contributed by atoms with Gasteiger partial charge in [0, 0.05) is 5.92 Å². The lowest BCUT2D eigenvalue weighted by Crippen LogP contribution is -2.47. The van der Waals surface area contributed by atoms with Crippen molar-refractivity contribution < 1.29 is 19.0 Å². The number of rotatable bonds is 16. The Morgan fingerprint density at radius 1 is 0.828 bits per heavy atom. The van der Waals surface area contributed by atoms with Crippen molar-refractivity contribution in [3.05, 3.63) is 35.6 Å². The molecule has 0 fully saturated rings. The summed E-state index contributed by atoms with van der Waals surface area (Å²) >= 11 is 0. The monoisotopic (exact) mass is 410 g/mol. The summed E-state index contributed by atoms with van der Waals surface area (Å²) in [6.45, 7) is 9.93. The minimum absolute atomic E-state index is 0.0843. The molecular formula is C25H43FO3. The average molecular weight is 411 g/mol. The number of hydrogen-bond acceptors (Lipinski definition) is 3. The first-order valence-corrected chi connectivity index (χ1v) is 11.6. The molecule has 0 saturated carbocycles. The number of aryl methyl sites for hydroxylation is 1. The van der Waals surface area contributed by atoms with E-state index < -0.39 is 5.97 Å². The second kappa shape index (κ2) is 14.1. The summed E-state index contributed by atoms with van der Waals surface area (Å²) in [5, 5.41) is 11.3. The second-order valence-corrected chi connectivity index (χ2v) is 8.74. The average Bonchev–Trinajstić information content (AvgIpc) is 2.63. The third-order valence-corrected chi connectivity index (χ3v) is 5.16. The van der Waals surface area contributed by atoms with E-state index >= 15 is 0 Å². The first kappa shape index (κ1) is 26.1. The molecule has 0 aliphatic rings. The molecule has 168 valence electrons. The fourth-order valence-corrected chi connectivity index (χ4v) is 3.78. The van der Waals surface area contributed by atoms with Gasteiger partial charge in [0.15, 0.2) is 0 Å². The Bertz CT molecular complexity index is 517. The van der Waals surface area contributed by atoms with Crippen LogP contribution in [-0.4, -0.2) is 23.3 Å². The van der Waals surface area contributed by atoms with Crippen LogP contribution >= 0.6 is 0 Å². The Balaban J connectivity index is 2.71. The maximum absolute atomic E-state index is 13.1. The normalized spacial score (nSPS) is 13.4. The minimum atomic E-state index is -1.56. The number of halogens is 1. The fourth-order valence-electron chi connectivity index (χ4n) is 3.78. The first-order chi connectivity index (χ1) is 13.8. The van der Waals surface area contributed by atoms with Gasteiger partial charge in [-0.25, -0.2) is 4.39 Å². The van der Waals surface area contributed by atoms with E-state index in [9.17, 15) is 9.50 Å². The molecule has 1 atom stereocenters. The summed E-state index contributed by atoms with van der Waals surface area (Å²) in [4.78, 5) is 0. The molecule has 1 N–H and O–H groups in total. The summed E-state index contributed by atoms with van der Waals surface area (Å²) in [5.74, 6) is -1.85. The lowest BCUT2D eigenvalue weighted by atomic mass is 9.91. The first-order valence-electron chi connectivity index (χ1n) is 11.6.